The molecule has 0 unspecified atom stereocenters. The highest BCUT2D eigenvalue weighted by Gasteiger charge is 2.20. The average Bonchev–Trinajstić information content (AvgIpc) is 2.95. The van der Waals surface area contributed by atoms with Crippen molar-refractivity contribution in [1.82, 2.24) is 9.55 Å². The monoisotopic (exact) mass is 389 g/mol. The van der Waals surface area contributed by atoms with Crippen LogP contribution >= 0.6 is 23.4 Å². The number of carbonyl (C=O) groups excluding carboxylic acids is 1. The van der Waals surface area contributed by atoms with Crippen molar-refractivity contribution in [3.8, 4) is 0 Å². The number of imidazole rings is 1. The zero-order valence-electron chi connectivity index (χ0n) is 14.1. The SMILES string of the molecule is C=CCn1c(S[C@H](C)C(=O)Nc2ccc(F)cc2Cl)nc2ccccc21. The Morgan fingerprint density at radius 2 is 2.19 bits per heavy atom. The third-order valence-corrected chi connectivity index (χ3v) is 5.17. The Labute approximate surface area is 160 Å². The molecule has 0 spiro atoms. The fourth-order valence-corrected chi connectivity index (χ4v) is 3.63. The van der Waals surface area contributed by atoms with Gasteiger partial charge in [0.05, 0.1) is 27.0 Å². The zero-order chi connectivity index (χ0) is 18.7. The fraction of sp³-hybridized carbons (Fsp3) is 0.158. The number of halogens is 2. The molecule has 2 aromatic carbocycles. The predicted molar refractivity (Wildman–Crippen MR) is 105 cm³/mol. The van der Waals surface area contributed by atoms with Gasteiger partial charge in [-0.1, -0.05) is 41.6 Å². The molecule has 0 bridgehead atoms. The molecule has 0 aliphatic rings. The van der Waals surface area contributed by atoms with Crippen molar-refractivity contribution < 1.29 is 9.18 Å². The largest absolute Gasteiger partial charge is 0.324 e. The molecule has 0 aliphatic carbocycles. The topological polar surface area (TPSA) is 46.9 Å². The number of aromatic nitrogens is 2. The van der Waals surface area contributed by atoms with Crippen LogP contribution in [0.1, 0.15) is 6.92 Å². The van der Waals surface area contributed by atoms with E-state index < -0.39 is 11.1 Å². The number of para-hydroxylation sites is 2. The lowest BCUT2D eigenvalue weighted by molar-refractivity contribution is -0.115. The van der Waals surface area contributed by atoms with Gasteiger partial charge in [0.1, 0.15) is 5.82 Å². The smallest absolute Gasteiger partial charge is 0.237 e. The van der Waals surface area contributed by atoms with Gasteiger partial charge >= 0.3 is 0 Å². The molecule has 0 saturated heterocycles. The van der Waals surface area contributed by atoms with Crippen molar-refractivity contribution in [2.24, 2.45) is 0 Å². The van der Waals surface area contributed by atoms with Crippen molar-refractivity contribution in [3.05, 3.63) is 66.0 Å². The van der Waals surface area contributed by atoms with Crippen LogP contribution in [0, 0.1) is 5.82 Å². The van der Waals surface area contributed by atoms with Crippen molar-refractivity contribution in [3.63, 3.8) is 0 Å². The Morgan fingerprint density at radius 3 is 2.92 bits per heavy atom. The van der Waals surface area contributed by atoms with Gasteiger partial charge in [0.15, 0.2) is 5.16 Å². The van der Waals surface area contributed by atoms with Crippen LogP contribution in [-0.4, -0.2) is 20.7 Å². The number of thioether (sulfide) groups is 1. The summed E-state index contributed by atoms with van der Waals surface area (Å²) < 4.78 is 15.1. The minimum Gasteiger partial charge on any atom is -0.324 e. The van der Waals surface area contributed by atoms with E-state index in [0.29, 0.717) is 12.2 Å². The van der Waals surface area contributed by atoms with Crippen LogP contribution < -0.4 is 5.32 Å². The molecule has 1 aromatic heterocycles. The molecule has 1 amide bonds. The standard InChI is InChI=1S/C19H17ClFN3OS/c1-3-10-24-17-7-5-4-6-16(17)23-19(24)26-12(2)18(25)22-15-9-8-13(21)11-14(15)20/h3-9,11-12H,1,10H2,2H3,(H,22,25)/t12-/m1/s1. The Hall–Kier alpha value is -2.31. The second kappa shape index (κ2) is 7.93. The first-order chi connectivity index (χ1) is 12.5. The molecule has 7 heteroatoms. The number of allylic oxidation sites excluding steroid dienone is 1. The molecule has 1 N–H and O–H groups in total. The lowest BCUT2D eigenvalue weighted by Gasteiger charge is -2.13. The van der Waals surface area contributed by atoms with E-state index in [9.17, 15) is 9.18 Å². The van der Waals surface area contributed by atoms with E-state index in [4.69, 9.17) is 11.6 Å². The molecule has 0 fully saturated rings. The second-order valence-electron chi connectivity index (χ2n) is 5.66. The highest BCUT2D eigenvalue weighted by Crippen LogP contribution is 2.29. The molecular weight excluding hydrogens is 373 g/mol. The third kappa shape index (κ3) is 3.92. The summed E-state index contributed by atoms with van der Waals surface area (Å²) in [6.07, 6.45) is 1.79. The van der Waals surface area contributed by atoms with Crippen LogP contribution in [0.25, 0.3) is 11.0 Å². The molecule has 1 atom stereocenters. The van der Waals surface area contributed by atoms with Crippen LogP contribution in [0.4, 0.5) is 10.1 Å². The molecule has 0 saturated carbocycles. The maximum atomic E-state index is 13.1. The number of carbonyl (C=O) groups is 1. The highest BCUT2D eigenvalue weighted by atomic mass is 35.5. The fourth-order valence-electron chi connectivity index (χ4n) is 2.49. The molecule has 3 aromatic rings. The molecular formula is C19H17ClFN3OS. The van der Waals surface area contributed by atoms with E-state index in [2.05, 4.69) is 16.9 Å². The van der Waals surface area contributed by atoms with Crippen molar-refractivity contribution in [2.45, 2.75) is 23.9 Å². The number of hydrogen-bond acceptors (Lipinski definition) is 3. The quantitative estimate of drug-likeness (QED) is 0.469. The van der Waals surface area contributed by atoms with Crippen LogP contribution in [0.15, 0.2) is 60.3 Å². The first-order valence-electron chi connectivity index (χ1n) is 7.98. The number of anilines is 1. The van der Waals surface area contributed by atoms with Crippen LogP contribution in [0.5, 0.6) is 0 Å². The molecule has 4 nitrogen and oxygen atoms in total. The summed E-state index contributed by atoms with van der Waals surface area (Å²) in [5.74, 6) is -0.686. The minimum absolute atomic E-state index is 0.162. The number of benzene rings is 2. The van der Waals surface area contributed by atoms with Crippen LogP contribution in [0.3, 0.4) is 0 Å². The van der Waals surface area contributed by atoms with E-state index in [1.165, 1.54) is 30.0 Å². The van der Waals surface area contributed by atoms with Gasteiger partial charge in [-0.2, -0.15) is 0 Å². The molecule has 134 valence electrons. The molecule has 0 aliphatic heterocycles. The van der Waals surface area contributed by atoms with E-state index in [1.807, 2.05) is 28.8 Å². The minimum atomic E-state index is -0.450. The highest BCUT2D eigenvalue weighted by molar-refractivity contribution is 8.00. The van der Waals surface area contributed by atoms with E-state index in [1.54, 1.807) is 13.0 Å². The van der Waals surface area contributed by atoms with Gasteiger partial charge < -0.3 is 9.88 Å². The van der Waals surface area contributed by atoms with Crippen molar-refractivity contribution in [1.29, 1.82) is 0 Å². The number of rotatable bonds is 6. The molecule has 26 heavy (non-hydrogen) atoms. The summed E-state index contributed by atoms with van der Waals surface area (Å²) >= 11 is 7.32. The predicted octanol–water partition coefficient (Wildman–Crippen LogP) is 5.13. The van der Waals surface area contributed by atoms with Crippen molar-refractivity contribution in [2.75, 3.05) is 5.32 Å². The van der Waals surface area contributed by atoms with E-state index >= 15 is 0 Å². The molecule has 0 radical (unpaired) electrons. The summed E-state index contributed by atoms with van der Waals surface area (Å²) in [4.78, 5) is 17.1. The van der Waals surface area contributed by atoms with Crippen LogP contribution in [-0.2, 0) is 11.3 Å². The van der Waals surface area contributed by atoms with Gasteiger partial charge in [0, 0.05) is 6.54 Å². The Kier molecular flexibility index (Phi) is 5.64. The number of nitrogens with one attached hydrogen (secondary N) is 1. The molecule has 1 heterocycles. The number of fused-ring (bicyclic) bond motifs is 1. The summed E-state index contributed by atoms with van der Waals surface area (Å²) in [6, 6.07) is 11.7. The lowest BCUT2D eigenvalue weighted by Crippen LogP contribution is -2.23. The second-order valence-corrected chi connectivity index (χ2v) is 7.37. The Bertz CT molecular complexity index is 973. The number of hydrogen-bond donors (Lipinski definition) is 1. The van der Waals surface area contributed by atoms with E-state index in [-0.39, 0.29) is 10.9 Å². The van der Waals surface area contributed by atoms with Gasteiger partial charge in [-0.3, -0.25) is 4.79 Å². The average molecular weight is 390 g/mol. The first kappa shape index (κ1) is 18.5. The first-order valence-corrected chi connectivity index (χ1v) is 9.24. The maximum absolute atomic E-state index is 13.1. The summed E-state index contributed by atoms with van der Waals surface area (Å²) in [5.41, 5.74) is 2.24. The molecule has 3 rings (SSSR count). The van der Waals surface area contributed by atoms with Gasteiger partial charge in [-0.05, 0) is 37.3 Å². The summed E-state index contributed by atoms with van der Waals surface area (Å²) in [6.45, 7) is 6.17. The van der Waals surface area contributed by atoms with Gasteiger partial charge in [0.25, 0.3) is 0 Å². The van der Waals surface area contributed by atoms with Gasteiger partial charge in [-0.15, -0.1) is 6.58 Å². The van der Waals surface area contributed by atoms with Crippen molar-refractivity contribution >= 4 is 46.0 Å². The summed E-state index contributed by atoms with van der Waals surface area (Å²) in [5, 5.41) is 3.20. The summed E-state index contributed by atoms with van der Waals surface area (Å²) in [7, 11) is 0. The van der Waals surface area contributed by atoms with Crippen LogP contribution in [0.2, 0.25) is 5.02 Å². The Morgan fingerprint density at radius 1 is 1.42 bits per heavy atom. The lowest BCUT2D eigenvalue weighted by atomic mass is 10.3. The third-order valence-electron chi connectivity index (χ3n) is 3.77. The number of amides is 1. The zero-order valence-corrected chi connectivity index (χ0v) is 15.6. The maximum Gasteiger partial charge on any atom is 0.237 e. The number of nitrogens with zero attached hydrogens (tertiary/aromatic N) is 2. The van der Waals surface area contributed by atoms with E-state index in [0.717, 1.165) is 16.2 Å². The Balaban J connectivity index is 1.79. The van der Waals surface area contributed by atoms with Gasteiger partial charge in [0.2, 0.25) is 5.91 Å². The van der Waals surface area contributed by atoms with Gasteiger partial charge in [-0.25, -0.2) is 9.37 Å². The normalized spacial score (nSPS) is 12.1.